The lowest BCUT2D eigenvalue weighted by atomic mass is 9.76. The Bertz CT molecular complexity index is 618. The fraction of sp³-hybridized carbons (Fsp3) is 0.294. The molecule has 20 heavy (non-hydrogen) atoms. The number of aryl methyl sites for hydroxylation is 1. The fourth-order valence-corrected chi connectivity index (χ4v) is 3.97. The van der Waals surface area contributed by atoms with E-state index in [0.717, 1.165) is 4.47 Å². The molecule has 1 aliphatic rings. The molecule has 0 amide bonds. The largest absolute Gasteiger partial charge is 0.381 e. The summed E-state index contributed by atoms with van der Waals surface area (Å²) < 4.78 is 2.39. The van der Waals surface area contributed by atoms with Gasteiger partial charge in [-0.05, 0) is 70.9 Å². The minimum atomic E-state index is 0.575. The van der Waals surface area contributed by atoms with E-state index in [1.807, 2.05) is 0 Å². The van der Waals surface area contributed by atoms with Crippen LogP contribution in [0.1, 0.15) is 29.9 Å². The summed E-state index contributed by atoms with van der Waals surface area (Å²) in [6.45, 7) is 2.11. The maximum absolute atomic E-state index is 3.65. The van der Waals surface area contributed by atoms with Crippen LogP contribution in [0.2, 0.25) is 0 Å². The summed E-state index contributed by atoms with van der Waals surface area (Å²) in [4.78, 5) is 0. The van der Waals surface area contributed by atoms with Crippen molar-refractivity contribution in [2.45, 2.75) is 31.7 Å². The summed E-state index contributed by atoms with van der Waals surface area (Å²) in [6.07, 6.45) is 2.39. The molecule has 1 nitrogen and oxygen atoms in total. The third kappa shape index (κ3) is 2.94. The normalized spacial score (nSPS) is 21.4. The Morgan fingerprint density at radius 1 is 1.00 bits per heavy atom. The molecule has 2 aromatic rings. The van der Waals surface area contributed by atoms with Gasteiger partial charge in [-0.15, -0.1) is 0 Å². The Morgan fingerprint density at radius 2 is 1.75 bits per heavy atom. The Morgan fingerprint density at radius 3 is 2.45 bits per heavy atom. The van der Waals surface area contributed by atoms with Crippen LogP contribution in [0.5, 0.6) is 0 Å². The molecule has 0 aromatic heterocycles. The van der Waals surface area contributed by atoms with Crippen molar-refractivity contribution >= 4 is 37.5 Å². The van der Waals surface area contributed by atoms with Crippen LogP contribution < -0.4 is 5.32 Å². The Hall–Kier alpha value is -0.800. The van der Waals surface area contributed by atoms with E-state index in [1.165, 1.54) is 34.1 Å². The molecule has 0 radical (unpaired) electrons. The van der Waals surface area contributed by atoms with Crippen LogP contribution in [-0.2, 0) is 0 Å². The first-order chi connectivity index (χ1) is 9.63. The molecule has 1 N–H and O–H groups in total. The van der Waals surface area contributed by atoms with E-state index in [1.54, 1.807) is 0 Å². The lowest BCUT2D eigenvalue weighted by molar-refractivity contribution is 0.373. The average Bonchev–Trinajstić information content (AvgIpc) is 2.37. The molecule has 0 bridgehead atoms. The monoisotopic (exact) mass is 393 g/mol. The van der Waals surface area contributed by atoms with Crippen LogP contribution in [0.3, 0.4) is 0 Å². The number of hydrogen-bond acceptors (Lipinski definition) is 1. The molecule has 0 saturated heterocycles. The topological polar surface area (TPSA) is 12.0 Å². The second-order valence-corrected chi connectivity index (χ2v) is 7.22. The molecular formula is C17H17Br2N. The van der Waals surface area contributed by atoms with Gasteiger partial charge in [0.25, 0.3) is 0 Å². The summed E-state index contributed by atoms with van der Waals surface area (Å²) in [5.74, 6) is 0.673. The molecule has 0 atom stereocenters. The number of halogens is 2. The van der Waals surface area contributed by atoms with E-state index in [9.17, 15) is 0 Å². The van der Waals surface area contributed by atoms with Gasteiger partial charge in [-0.2, -0.15) is 0 Å². The molecule has 0 unspecified atom stereocenters. The zero-order valence-electron chi connectivity index (χ0n) is 11.4. The van der Waals surface area contributed by atoms with Crippen molar-refractivity contribution in [3.05, 3.63) is 62.5 Å². The second-order valence-electron chi connectivity index (χ2n) is 5.51. The van der Waals surface area contributed by atoms with Crippen molar-refractivity contribution in [2.75, 3.05) is 5.32 Å². The van der Waals surface area contributed by atoms with Gasteiger partial charge in [-0.3, -0.25) is 0 Å². The van der Waals surface area contributed by atoms with Crippen LogP contribution in [0.4, 0.5) is 5.69 Å². The molecule has 3 rings (SSSR count). The van der Waals surface area contributed by atoms with Crippen molar-refractivity contribution in [3.8, 4) is 0 Å². The number of nitrogens with one attached hydrogen (secondary N) is 1. The van der Waals surface area contributed by atoms with Gasteiger partial charge in [-0.25, -0.2) is 0 Å². The van der Waals surface area contributed by atoms with Crippen molar-refractivity contribution in [1.82, 2.24) is 0 Å². The quantitative estimate of drug-likeness (QED) is 0.685. The van der Waals surface area contributed by atoms with Gasteiger partial charge in [0, 0.05) is 20.7 Å². The number of benzene rings is 2. The van der Waals surface area contributed by atoms with Crippen LogP contribution >= 0.6 is 31.9 Å². The molecule has 2 aromatic carbocycles. The molecule has 3 heteroatoms. The summed E-state index contributed by atoms with van der Waals surface area (Å²) in [5.41, 5.74) is 3.92. The summed E-state index contributed by atoms with van der Waals surface area (Å²) in [5, 5.41) is 3.63. The van der Waals surface area contributed by atoms with Gasteiger partial charge < -0.3 is 5.32 Å². The molecule has 0 spiro atoms. The van der Waals surface area contributed by atoms with Crippen LogP contribution in [-0.4, -0.2) is 6.04 Å². The van der Waals surface area contributed by atoms with E-state index in [-0.39, 0.29) is 0 Å². The van der Waals surface area contributed by atoms with Crippen molar-refractivity contribution in [3.63, 3.8) is 0 Å². The van der Waals surface area contributed by atoms with Crippen LogP contribution in [0.15, 0.2) is 51.4 Å². The SMILES string of the molecule is Cc1ccc(NC2CC(c3ccccc3Br)C2)c(Br)c1. The Balaban J connectivity index is 1.62. The summed E-state index contributed by atoms with van der Waals surface area (Å²) in [6, 6.07) is 15.6. The van der Waals surface area contributed by atoms with Crippen LogP contribution in [0.25, 0.3) is 0 Å². The molecule has 0 aliphatic heterocycles. The summed E-state index contributed by atoms with van der Waals surface area (Å²) in [7, 11) is 0. The van der Waals surface area contributed by atoms with E-state index in [2.05, 4.69) is 86.6 Å². The highest BCUT2D eigenvalue weighted by Crippen LogP contribution is 2.41. The zero-order valence-corrected chi connectivity index (χ0v) is 14.5. The maximum Gasteiger partial charge on any atom is 0.0486 e. The van der Waals surface area contributed by atoms with Gasteiger partial charge >= 0.3 is 0 Å². The highest BCUT2D eigenvalue weighted by atomic mass is 79.9. The Kier molecular flexibility index (Phi) is 4.18. The minimum Gasteiger partial charge on any atom is -0.381 e. The standard InChI is InChI=1S/C17H17Br2N/c1-11-6-7-17(16(19)8-11)20-13-9-12(10-13)14-4-2-3-5-15(14)18/h2-8,12-13,20H,9-10H2,1H3. The van der Waals surface area contributed by atoms with E-state index in [0.29, 0.717) is 12.0 Å². The van der Waals surface area contributed by atoms with Gasteiger partial charge in [0.05, 0.1) is 0 Å². The Labute approximate surface area is 137 Å². The summed E-state index contributed by atoms with van der Waals surface area (Å²) >= 11 is 7.28. The van der Waals surface area contributed by atoms with E-state index < -0.39 is 0 Å². The van der Waals surface area contributed by atoms with E-state index >= 15 is 0 Å². The third-order valence-electron chi connectivity index (χ3n) is 3.97. The highest BCUT2D eigenvalue weighted by Gasteiger charge is 2.31. The zero-order chi connectivity index (χ0) is 14.1. The van der Waals surface area contributed by atoms with Crippen molar-refractivity contribution in [1.29, 1.82) is 0 Å². The first-order valence-electron chi connectivity index (χ1n) is 6.90. The predicted octanol–water partition coefficient (Wildman–Crippen LogP) is 5.88. The van der Waals surface area contributed by atoms with Gasteiger partial charge in [0.1, 0.15) is 0 Å². The van der Waals surface area contributed by atoms with Gasteiger partial charge in [0.2, 0.25) is 0 Å². The maximum atomic E-state index is 3.65. The van der Waals surface area contributed by atoms with Crippen molar-refractivity contribution < 1.29 is 0 Å². The highest BCUT2D eigenvalue weighted by molar-refractivity contribution is 9.10. The smallest absolute Gasteiger partial charge is 0.0486 e. The van der Waals surface area contributed by atoms with Gasteiger partial charge in [-0.1, -0.05) is 40.2 Å². The molecule has 1 fully saturated rings. The average molecular weight is 395 g/mol. The lowest BCUT2D eigenvalue weighted by Crippen LogP contribution is -2.34. The minimum absolute atomic E-state index is 0.575. The van der Waals surface area contributed by atoms with Gasteiger partial charge in [0.15, 0.2) is 0 Å². The number of anilines is 1. The number of hydrogen-bond donors (Lipinski definition) is 1. The second kappa shape index (κ2) is 5.90. The molecule has 1 saturated carbocycles. The molecule has 104 valence electrons. The molecule has 0 heterocycles. The first kappa shape index (κ1) is 14.2. The van der Waals surface area contributed by atoms with E-state index in [4.69, 9.17) is 0 Å². The lowest BCUT2D eigenvalue weighted by Gasteiger charge is -2.37. The number of rotatable bonds is 3. The van der Waals surface area contributed by atoms with Crippen molar-refractivity contribution in [2.24, 2.45) is 0 Å². The van der Waals surface area contributed by atoms with Crippen LogP contribution in [0, 0.1) is 6.92 Å². The molecular weight excluding hydrogens is 378 g/mol. The fourth-order valence-electron chi connectivity index (χ4n) is 2.75. The predicted molar refractivity (Wildman–Crippen MR) is 92.4 cm³/mol. The molecule has 1 aliphatic carbocycles. The first-order valence-corrected chi connectivity index (χ1v) is 8.49. The third-order valence-corrected chi connectivity index (χ3v) is 5.35.